The van der Waals surface area contributed by atoms with E-state index in [9.17, 15) is 18.0 Å². The Morgan fingerprint density at radius 3 is 2.81 bits per heavy atom. The van der Waals surface area contributed by atoms with E-state index in [0.717, 1.165) is 30.4 Å². The quantitative estimate of drug-likeness (QED) is 0.577. The van der Waals surface area contributed by atoms with Gasteiger partial charge in [-0.25, -0.2) is 4.98 Å². The van der Waals surface area contributed by atoms with Crippen molar-refractivity contribution in [2.45, 2.75) is 25.6 Å². The lowest BCUT2D eigenvalue weighted by Gasteiger charge is -2.13. The van der Waals surface area contributed by atoms with Crippen molar-refractivity contribution in [3.63, 3.8) is 0 Å². The van der Waals surface area contributed by atoms with E-state index < -0.39 is 17.8 Å². The lowest BCUT2D eigenvalue weighted by Crippen LogP contribution is -2.17. The second kappa shape index (κ2) is 8.54. The number of halogens is 3. The summed E-state index contributed by atoms with van der Waals surface area (Å²) in [6.07, 6.45) is -0.658. The molecule has 164 valence electrons. The molecule has 10 heteroatoms. The summed E-state index contributed by atoms with van der Waals surface area (Å²) in [6, 6.07) is 6.62. The molecule has 1 aromatic carbocycles. The minimum Gasteiger partial charge on any atom is -0.491 e. The molecule has 7 nitrogen and oxygen atoms in total. The Morgan fingerprint density at radius 2 is 2.10 bits per heavy atom. The van der Waals surface area contributed by atoms with Gasteiger partial charge in [0.15, 0.2) is 0 Å². The van der Waals surface area contributed by atoms with Gasteiger partial charge in [-0.2, -0.15) is 18.3 Å². The fourth-order valence-electron chi connectivity index (χ4n) is 3.02. The molecule has 0 spiro atoms. The molecule has 31 heavy (non-hydrogen) atoms. The van der Waals surface area contributed by atoms with E-state index in [2.05, 4.69) is 15.4 Å². The van der Waals surface area contributed by atoms with Crippen molar-refractivity contribution in [2.24, 2.45) is 5.92 Å². The van der Waals surface area contributed by atoms with Crippen molar-refractivity contribution >= 4 is 22.5 Å². The summed E-state index contributed by atoms with van der Waals surface area (Å²) in [7, 11) is 1.60. The van der Waals surface area contributed by atoms with Gasteiger partial charge >= 0.3 is 6.18 Å². The molecule has 0 unspecified atom stereocenters. The van der Waals surface area contributed by atoms with Crippen LogP contribution in [0.1, 0.15) is 29.0 Å². The number of benzene rings is 1. The van der Waals surface area contributed by atoms with Crippen molar-refractivity contribution < 1.29 is 27.4 Å². The second-order valence-electron chi connectivity index (χ2n) is 7.41. The molecule has 0 aliphatic heterocycles. The number of carbonyl (C=O) groups excluding carboxylic acids is 1. The Hall–Kier alpha value is -3.14. The number of hydrogen-bond donors (Lipinski definition) is 1. The highest BCUT2D eigenvalue weighted by atomic mass is 19.4. The molecule has 1 fully saturated rings. The number of ether oxygens (including phenoxy) is 2. The molecule has 0 saturated heterocycles. The minimum atomic E-state index is -4.63. The van der Waals surface area contributed by atoms with E-state index in [1.807, 2.05) is 0 Å². The van der Waals surface area contributed by atoms with Crippen LogP contribution in [-0.2, 0) is 17.5 Å². The molecule has 0 radical (unpaired) electrons. The van der Waals surface area contributed by atoms with Crippen LogP contribution < -0.4 is 10.1 Å². The molecule has 1 aliphatic rings. The van der Waals surface area contributed by atoms with Crippen LogP contribution in [0, 0.1) is 5.92 Å². The summed E-state index contributed by atoms with van der Waals surface area (Å²) >= 11 is 0. The van der Waals surface area contributed by atoms with E-state index in [1.54, 1.807) is 30.1 Å². The third-order valence-corrected chi connectivity index (χ3v) is 4.87. The van der Waals surface area contributed by atoms with Gasteiger partial charge < -0.3 is 14.8 Å². The maximum absolute atomic E-state index is 12.9. The number of rotatable bonds is 8. The monoisotopic (exact) mass is 434 g/mol. The van der Waals surface area contributed by atoms with E-state index in [-0.39, 0.29) is 5.69 Å². The van der Waals surface area contributed by atoms with Crippen molar-refractivity contribution in [2.75, 3.05) is 25.6 Å². The van der Waals surface area contributed by atoms with E-state index >= 15 is 0 Å². The number of fused-ring (bicyclic) bond motifs is 1. The van der Waals surface area contributed by atoms with Gasteiger partial charge in [-0.1, -0.05) is 6.07 Å². The largest absolute Gasteiger partial charge is 0.491 e. The van der Waals surface area contributed by atoms with E-state index in [4.69, 9.17) is 9.47 Å². The zero-order chi connectivity index (χ0) is 22.0. The van der Waals surface area contributed by atoms with Crippen molar-refractivity contribution in [3.05, 3.63) is 47.9 Å². The molecule has 3 aromatic rings. The average Bonchev–Trinajstić information content (AvgIpc) is 3.48. The SMILES string of the molecule is COCCn1cc2cc(NC(=O)c3cccc(C(F)(F)F)n3)c(OCC3CC3)cc2n1. The molecule has 1 saturated carbocycles. The van der Waals surface area contributed by atoms with Crippen LogP contribution >= 0.6 is 0 Å². The standard InChI is InChI=1S/C21H21F3N4O3/c1-30-8-7-28-11-14-9-17(18(10-16(14)27-28)31-12-13-5-6-13)26-20(29)15-3-2-4-19(25-15)21(22,23)24/h2-4,9-11,13H,5-8,12H2,1H3,(H,26,29). The first kappa shape index (κ1) is 21.1. The summed E-state index contributed by atoms with van der Waals surface area (Å²) in [4.78, 5) is 16.1. The molecule has 1 aliphatic carbocycles. The van der Waals surface area contributed by atoms with Crippen LogP contribution in [0.25, 0.3) is 10.9 Å². The molecule has 4 rings (SSSR count). The topological polar surface area (TPSA) is 78.3 Å². The van der Waals surface area contributed by atoms with Gasteiger partial charge in [0.05, 0.1) is 31.0 Å². The van der Waals surface area contributed by atoms with Gasteiger partial charge in [0.25, 0.3) is 5.91 Å². The lowest BCUT2D eigenvalue weighted by atomic mass is 10.2. The number of anilines is 1. The van der Waals surface area contributed by atoms with Crippen LogP contribution in [0.15, 0.2) is 36.5 Å². The molecule has 2 heterocycles. The number of amides is 1. The Kier molecular flexibility index (Phi) is 5.81. The lowest BCUT2D eigenvalue weighted by molar-refractivity contribution is -0.141. The molecular formula is C21H21F3N4O3. The van der Waals surface area contributed by atoms with Gasteiger partial charge in [0, 0.05) is 24.8 Å². The summed E-state index contributed by atoms with van der Waals surface area (Å²) in [6.45, 7) is 1.55. The Balaban J connectivity index is 1.62. The smallest absolute Gasteiger partial charge is 0.433 e. The fourth-order valence-corrected chi connectivity index (χ4v) is 3.02. The predicted octanol–water partition coefficient (Wildman–Crippen LogP) is 4.14. The van der Waals surface area contributed by atoms with Gasteiger partial charge in [0.1, 0.15) is 17.1 Å². The van der Waals surface area contributed by atoms with Gasteiger partial charge in [-0.05, 0) is 37.0 Å². The number of nitrogens with zero attached hydrogens (tertiary/aromatic N) is 3. The first-order chi connectivity index (χ1) is 14.8. The van der Waals surface area contributed by atoms with Gasteiger partial charge in [-0.3, -0.25) is 9.48 Å². The fraction of sp³-hybridized carbons (Fsp3) is 0.381. The zero-order valence-electron chi connectivity index (χ0n) is 16.8. The van der Waals surface area contributed by atoms with Crippen LogP contribution in [0.3, 0.4) is 0 Å². The Labute approximate surface area is 176 Å². The van der Waals surface area contributed by atoms with Crippen LogP contribution in [-0.4, -0.2) is 41.0 Å². The van der Waals surface area contributed by atoms with Crippen LogP contribution in [0.4, 0.5) is 18.9 Å². The molecule has 2 aromatic heterocycles. The number of aromatic nitrogens is 3. The predicted molar refractivity (Wildman–Crippen MR) is 107 cm³/mol. The number of pyridine rings is 1. The average molecular weight is 434 g/mol. The number of alkyl halides is 3. The highest BCUT2D eigenvalue weighted by Crippen LogP contribution is 2.34. The third kappa shape index (κ3) is 5.13. The number of nitrogens with one attached hydrogen (secondary N) is 1. The molecule has 0 atom stereocenters. The summed E-state index contributed by atoms with van der Waals surface area (Å²) in [5, 5.41) is 7.87. The number of carbonyl (C=O) groups is 1. The van der Waals surface area contributed by atoms with Gasteiger partial charge in [0.2, 0.25) is 0 Å². The van der Waals surface area contributed by atoms with Crippen molar-refractivity contribution in [1.82, 2.24) is 14.8 Å². The first-order valence-corrected chi connectivity index (χ1v) is 9.82. The number of methoxy groups -OCH3 is 1. The first-order valence-electron chi connectivity index (χ1n) is 9.82. The Bertz CT molecular complexity index is 1090. The Morgan fingerprint density at radius 1 is 1.29 bits per heavy atom. The van der Waals surface area contributed by atoms with E-state index in [0.29, 0.717) is 42.6 Å². The molecular weight excluding hydrogens is 413 g/mol. The highest BCUT2D eigenvalue weighted by Gasteiger charge is 2.33. The minimum absolute atomic E-state index is 0.334. The van der Waals surface area contributed by atoms with E-state index in [1.165, 1.54) is 6.07 Å². The molecule has 1 N–H and O–H groups in total. The maximum atomic E-state index is 12.9. The summed E-state index contributed by atoms with van der Waals surface area (Å²) in [5.74, 6) is 0.133. The second-order valence-corrected chi connectivity index (χ2v) is 7.41. The zero-order valence-corrected chi connectivity index (χ0v) is 16.8. The van der Waals surface area contributed by atoms with Crippen molar-refractivity contribution in [3.8, 4) is 5.75 Å². The third-order valence-electron chi connectivity index (χ3n) is 4.87. The van der Waals surface area contributed by atoms with Crippen molar-refractivity contribution in [1.29, 1.82) is 0 Å². The van der Waals surface area contributed by atoms with Gasteiger partial charge in [-0.15, -0.1) is 0 Å². The normalized spacial score (nSPS) is 14.1. The number of hydrogen-bond acceptors (Lipinski definition) is 5. The molecule has 0 bridgehead atoms. The van der Waals surface area contributed by atoms with Crippen LogP contribution in [0.5, 0.6) is 5.75 Å². The summed E-state index contributed by atoms with van der Waals surface area (Å²) < 4.78 is 51.5. The summed E-state index contributed by atoms with van der Waals surface area (Å²) in [5.41, 5.74) is -0.431. The maximum Gasteiger partial charge on any atom is 0.433 e. The highest BCUT2D eigenvalue weighted by molar-refractivity contribution is 6.05. The van der Waals surface area contributed by atoms with Crippen LogP contribution in [0.2, 0.25) is 0 Å². The molecule has 1 amide bonds.